The third-order valence-electron chi connectivity index (χ3n) is 4.03. The van der Waals surface area contributed by atoms with Gasteiger partial charge in [0.05, 0.1) is 6.54 Å². The molecular formula is C16H22N4O. The molecule has 1 fully saturated rings. The Morgan fingerprint density at radius 1 is 1.33 bits per heavy atom. The second-order valence-corrected chi connectivity index (χ2v) is 5.45. The van der Waals surface area contributed by atoms with Gasteiger partial charge >= 0.3 is 0 Å². The summed E-state index contributed by atoms with van der Waals surface area (Å²) in [5, 5.41) is 7.59. The number of hydrogen-bond acceptors (Lipinski definition) is 5. The molecule has 2 aromatic rings. The zero-order chi connectivity index (χ0) is 14.5. The van der Waals surface area contributed by atoms with Gasteiger partial charge in [-0.25, -0.2) is 0 Å². The van der Waals surface area contributed by atoms with Gasteiger partial charge in [0.2, 0.25) is 0 Å². The molecule has 5 nitrogen and oxygen atoms in total. The molecule has 0 bridgehead atoms. The van der Waals surface area contributed by atoms with Gasteiger partial charge in [0.25, 0.3) is 5.89 Å². The third-order valence-corrected chi connectivity index (χ3v) is 4.03. The maximum Gasteiger partial charge on any atom is 0.257 e. The molecule has 0 radical (unpaired) electrons. The molecular weight excluding hydrogens is 264 g/mol. The summed E-state index contributed by atoms with van der Waals surface area (Å²) < 4.78 is 5.38. The molecule has 0 spiro atoms. The summed E-state index contributed by atoms with van der Waals surface area (Å²) in [6.07, 6.45) is 2.48. The van der Waals surface area contributed by atoms with E-state index in [4.69, 9.17) is 4.52 Å². The Labute approximate surface area is 125 Å². The van der Waals surface area contributed by atoms with Crippen LogP contribution in [-0.4, -0.2) is 40.7 Å². The van der Waals surface area contributed by atoms with E-state index in [0.29, 0.717) is 11.9 Å². The van der Waals surface area contributed by atoms with Gasteiger partial charge in [-0.2, -0.15) is 4.98 Å². The normalized spacial score (nSPS) is 19.0. The minimum absolute atomic E-state index is 0.572. The maximum absolute atomic E-state index is 5.38. The topological polar surface area (TPSA) is 54.2 Å². The predicted octanol–water partition coefficient (Wildman–Crippen LogP) is 2.31. The zero-order valence-electron chi connectivity index (χ0n) is 12.5. The van der Waals surface area contributed by atoms with E-state index in [0.717, 1.165) is 37.6 Å². The van der Waals surface area contributed by atoms with Gasteiger partial charge in [0, 0.05) is 18.2 Å². The van der Waals surface area contributed by atoms with E-state index in [9.17, 15) is 0 Å². The van der Waals surface area contributed by atoms with Crippen molar-refractivity contribution in [3.05, 3.63) is 36.2 Å². The van der Waals surface area contributed by atoms with Gasteiger partial charge < -0.3 is 9.84 Å². The Hall–Kier alpha value is -1.72. The van der Waals surface area contributed by atoms with Crippen molar-refractivity contribution >= 4 is 0 Å². The predicted molar refractivity (Wildman–Crippen MR) is 81.7 cm³/mol. The summed E-state index contributed by atoms with van der Waals surface area (Å²) >= 11 is 0. The summed E-state index contributed by atoms with van der Waals surface area (Å²) in [6.45, 7) is 6.12. The quantitative estimate of drug-likeness (QED) is 0.914. The lowest BCUT2D eigenvalue weighted by Gasteiger charge is -2.32. The van der Waals surface area contributed by atoms with Crippen LogP contribution in [0.2, 0.25) is 0 Å². The molecule has 1 aromatic heterocycles. The Morgan fingerprint density at radius 3 is 2.90 bits per heavy atom. The van der Waals surface area contributed by atoms with Gasteiger partial charge in [0.15, 0.2) is 5.82 Å². The fraction of sp³-hybridized carbons (Fsp3) is 0.500. The number of piperidine rings is 1. The molecule has 1 unspecified atom stereocenters. The standard InChI is InChI=1S/C16H22N4O/c1-2-20(14-9-6-10-17-11-14)12-15-18-16(21-19-15)13-7-4-3-5-8-13/h3-5,7-8,14,17H,2,6,9-12H2,1H3. The number of rotatable bonds is 5. The van der Waals surface area contributed by atoms with E-state index in [-0.39, 0.29) is 0 Å². The van der Waals surface area contributed by atoms with Crippen LogP contribution in [0.5, 0.6) is 0 Å². The Morgan fingerprint density at radius 2 is 2.19 bits per heavy atom. The molecule has 112 valence electrons. The SMILES string of the molecule is CCN(Cc1noc(-c2ccccc2)n1)C1CCCNC1. The number of likely N-dealkylation sites (N-methyl/N-ethyl adjacent to an activating group) is 1. The molecule has 0 amide bonds. The lowest BCUT2D eigenvalue weighted by molar-refractivity contribution is 0.161. The van der Waals surface area contributed by atoms with Gasteiger partial charge in [-0.05, 0) is 38.1 Å². The van der Waals surface area contributed by atoms with Crippen molar-refractivity contribution in [2.75, 3.05) is 19.6 Å². The second kappa shape index (κ2) is 6.83. The van der Waals surface area contributed by atoms with Crippen LogP contribution in [0.1, 0.15) is 25.6 Å². The first kappa shape index (κ1) is 14.2. The van der Waals surface area contributed by atoms with Crippen molar-refractivity contribution in [3.8, 4) is 11.5 Å². The van der Waals surface area contributed by atoms with Crippen molar-refractivity contribution in [2.24, 2.45) is 0 Å². The average molecular weight is 286 g/mol. The average Bonchev–Trinajstić information content (AvgIpc) is 3.03. The highest BCUT2D eigenvalue weighted by molar-refractivity contribution is 5.51. The highest BCUT2D eigenvalue weighted by Crippen LogP contribution is 2.18. The van der Waals surface area contributed by atoms with E-state index in [1.165, 1.54) is 12.8 Å². The summed E-state index contributed by atoms with van der Waals surface area (Å²) in [5.41, 5.74) is 0.971. The first-order valence-corrected chi connectivity index (χ1v) is 7.69. The van der Waals surface area contributed by atoms with Crippen molar-refractivity contribution < 1.29 is 4.52 Å². The molecule has 1 aliphatic rings. The molecule has 21 heavy (non-hydrogen) atoms. The van der Waals surface area contributed by atoms with Crippen molar-refractivity contribution in [2.45, 2.75) is 32.4 Å². The smallest absolute Gasteiger partial charge is 0.257 e. The molecule has 0 aliphatic carbocycles. The second-order valence-electron chi connectivity index (χ2n) is 5.45. The molecule has 1 saturated heterocycles. The van der Waals surface area contributed by atoms with Crippen LogP contribution in [0.25, 0.3) is 11.5 Å². The van der Waals surface area contributed by atoms with Gasteiger partial charge in [-0.15, -0.1) is 0 Å². The highest BCUT2D eigenvalue weighted by Gasteiger charge is 2.21. The van der Waals surface area contributed by atoms with E-state index < -0.39 is 0 Å². The van der Waals surface area contributed by atoms with Crippen LogP contribution in [0.4, 0.5) is 0 Å². The molecule has 1 aromatic carbocycles. The fourth-order valence-corrected chi connectivity index (χ4v) is 2.84. The number of nitrogens with zero attached hydrogens (tertiary/aromatic N) is 3. The van der Waals surface area contributed by atoms with Crippen molar-refractivity contribution in [3.63, 3.8) is 0 Å². The van der Waals surface area contributed by atoms with Crippen molar-refractivity contribution in [1.82, 2.24) is 20.4 Å². The highest BCUT2D eigenvalue weighted by atomic mass is 16.5. The monoisotopic (exact) mass is 286 g/mol. The molecule has 1 aliphatic heterocycles. The lowest BCUT2D eigenvalue weighted by atomic mass is 10.1. The molecule has 1 atom stereocenters. The minimum atomic E-state index is 0.572. The van der Waals surface area contributed by atoms with E-state index >= 15 is 0 Å². The van der Waals surface area contributed by atoms with E-state index in [1.54, 1.807) is 0 Å². The molecule has 1 N–H and O–H groups in total. The Kier molecular flexibility index (Phi) is 4.62. The van der Waals surface area contributed by atoms with Crippen LogP contribution in [-0.2, 0) is 6.54 Å². The third kappa shape index (κ3) is 3.49. The van der Waals surface area contributed by atoms with Crippen LogP contribution >= 0.6 is 0 Å². The lowest BCUT2D eigenvalue weighted by Crippen LogP contribution is -2.45. The number of benzene rings is 1. The van der Waals surface area contributed by atoms with Crippen LogP contribution in [0.15, 0.2) is 34.9 Å². The molecule has 3 rings (SSSR count). The van der Waals surface area contributed by atoms with E-state index in [2.05, 4.69) is 27.3 Å². The summed E-state index contributed by atoms with van der Waals surface area (Å²) in [5.74, 6) is 1.37. The number of hydrogen-bond donors (Lipinski definition) is 1. The summed E-state index contributed by atoms with van der Waals surface area (Å²) in [4.78, 5) is 6.95. The first-order valence-electron chi connectivity index (χ1n) is 7.69. The van der Waals surface area contributed by atoms with Gasteiger partial charge in [0.1, 0.15) is 0 Å². The summed E-state index contributed by atoms with van der Waals surface area (Å²) in [7, 11) is 0. The molecule has 2 heterocycles. The maximum atomic E-state index is 5.38. The van der Waals surface area contributed by atoms with Crippen LogP contribution in [0, 0.1) is 0 Å². The molecule has 5 heteroatoms. The van der Waals surface area contributed by atoms with Gasteiger partial charge in [-0.3, -0.25) is 4.90 Å². The Bertz CT molecular complexity index is 548. The number of aromatic nitrogens is 2. The zero-order valence-corrected chi connectivity index (χ0v) is 12.5. The van der Waals surface area contributed by atoms with E-state index in [1.807, 2.05) is 30.3 Å². The number of nitrogens with one attached hydrogen (secondary N) is 1. The minimum Gasteiger partial charge on any atom is -0.334 e. The van der Waals surface area contributed by atoms with Crippen LogP contribution < -0.4 is 5.32 Å². The Balaban J connectivity index is 1.68. The summed E-state index contributed by atoms with van der Waals surface area (Å²) in [6, 6.07) is 10.5. The largest absolute Gasteiger partial charge is 0.334 e. The first-order chi connectivity index (χ1) is 10.4. The fourth-order valence-electron chi connectivity index (χ4n) is 2.84. The van der Waals surface area contributed by atoms with Crippen molar-refractivity contribution in [1.29, 1.82) is 0 Å². The van der Waals surface area contributed by atoms with Crippen LogP contribution in [0.3, 0.4) is 0 Å². The van der Waals surface area contributed by atoms with Gasteiger partial charge in [-0.1, -0.05) is 30.3 Å². The molecule has 0 saturated carbocycles.